The van der Waals surface area contributed by atoms with E-state index in [0.29, 0.717) is 19.3 Å². The van der Waals surface area contributed by atoms with Gasteiger partial charge in [-0.2, -0.15) is 0 Å². The zero-order chi connectivity index (χ0) is 40.6. The fraction of sp³-hybridized carbons (Fsp3) is 0.696. The summed E-state index contributed by atoms with van der Waals surface area (Å²) in [6.07, 6.45) is 26.3. The summed E-state index contributed by atoms with van der Waals surface area (Å²) in [6, 6.07) is 0. The monoisotopic (exact) mass is 753 g/mol. The highest BCUT2D eigenvalue weighted by Crippen LogP contribution is 2.55. The summed E-state index contributed by atoms with van der Waals surface area (Å²) in [7, 11) is 0. The largest absolute Gasteiger partial charge is 0.480 e. The molecule has 0 aliphatic heterocycles. The zero-order valence-corrected chi connectivity index (χ0v) is 35.3. The second kappa shape index (κ2) is 26.4. The highest BCUT2D eigenvalue weighted by molar-refractivity contribution is 6.10. The molecular formula is C46H76N2O6. The molecule has 0 aromatic carbocycles. The summed E-state index contributed by atoms with van der Waals surface area (Å²) < 4.78 is 0. The minimum absolute atomic E-state index is 0.0573. The molecule has 0 fully saturated rings. The van der Waals surface area contributed by atoms with E-state index in [2.05, 4.69) is 36.6 Å². The molecule has 0 radical (unpaired) electrons. The van der Waals surface area contributed by atoms with Crippen molar-refractivity contribution >= 4 is 23.8 Å². The van der Waals surface area contributed by atoms with Gasteiger partial charge in [-0.05, 0) is 92.9 Å². The van der Waals surface area contributed by atoms with Gasteiger partial charge in [0.25, 0.3) is 0 Å². The minimum Gasteiger partial charge on any atom is -0.480 e. The van der Waals surface area contributed by atoms with E-state index in [9.17, 15) is 29.4 Å². The van der Waals surface area contributed by atoms with Crippen molar-refractivity contribution in [2.75, 3.05) is 13.1 Å². The van der Waals surface area contributed by atoms with Crippen molar-refractivity contribution in [2.45, 2.75) is 171 Å². The molecule has 54 heavy (non-hydrogen) atoms. The van der Waals surface area contributed by atoms with Gasteiger partial charge in [-0.1, -0.05) is 137 Å². The molecule has 0 spiro atoms. The van der Waals surface area contributed by atoms with Crippen LogP contribution < -0.4 is 10.6 Å². The van der Waals surface area contributed by atoms with Crippen molar-refractivity contribution in [2.24, 2.45) is 22.7 Å². The number of hydrogen-bond acceptors (Lipinski definition) is 4. The SMILES string of the molecule is CCCCCCCCNC(=O)C1(C(=O)O)C=CC(C/C=C(\C)CCC=C(C)C)C(C(=O)O)(C(=O)NCCCCCCCC)C1C/C=C(\C)CCC=C(C)C. The lowest BCUT2D eigenvalue weighted by Crippen LogP contribution is -2.65. The summed E-state index contributed by atoms with van der Waals surface area (Å²) in [5, 5.41) is 28.3. The fourth-order valence-corrected chi connectivity index (χ4v) is 7.61. The molecule has 1 rings (SSSR count). The Kier molecular flexibility index (Phi) is 23.8. The Morgan fingerprint density at radius 2 is 1.04 bits per heavy atom. The van der Waals surface area contributed by atoms with Crippen molar-refractivity contribution in [3.63, 3.8) is 0 Å². The highest BCUT2D eigenvalue weighted by atomic mass is 16.4. The van der Waals surface area contributed by atoms with Crippen molar-refractivity contribution in [1.29, 1.82) is 0 Å². The third kappa shape index (κ3) is 15.4. The third-order valence-corrected chi connectivity index (χ3v) is 11.0. The van der Waals surface area contributed by atoms with Gasteiger partial charge in [0, 0.05) is 24.9 Å². The van der Waals surface area contributed by atoms with Crippen LogP contribution in [0.1, 0.15) is 171 Å². The smallest absolute Gasteiger partial charge is 0.323 e. The van der Waals surface area contributed by atoms with Crippen LogP contribution >= 0.6 is 0 Å². The molecule has 306 valence electrons. The van der Waals surface area contributed by atoms with E-state index < -0.39 is 46.4 Å². The first kappa shape index (κ1) is 48.6. The fourth-order valence-electron chi connectivity index (χ4n) is 7.61. The van der Waals surface area contributed by atoms with Crippen LogP contribution in [0.5, 0.6) is 0 Å². The van der Waals surface area contributed by atoms with E-state index >= 15 is 0 Å². The molecule has 0 aromatic heterocycles. The number of allylic oxidation sites excluding steroid dienone is 9. The summed E-state index contributed by atoms with van der Waals surface area (Å²) in [5.74, 6) is -6.59. The Morgan fingerprint density at radius 3 is 1.48 bits per heavy atom. The normalized spacial score (nSPS) is 21.3. The summed E-state index contributed by atoms with van der Waals surface area (Å²) in [5.41, 5.74) is -0.0747. The van der Waals surface area contributed by atoms with Crippen LogP contribution in [-0.4, -0.2) is 47.1 Å². The summed E-state index contributed by atoms with van der Waals surface area (Å²) >= 11 is 0. The molecule has 8 nitrogen and oxygen atoms in total. The molecule has 8 heteroatoms. The molecule has 4 atom stereocenters. The van der Waals surface area contributed by atoms with Gasteiger partial charge in [0.2, 0.25) is 11.8 Å². The molecule has 0 bridgehead atoms. The highest BCUT2D eigenvalue weighted by Gasteiger charge is 2.68. The van der Waals surface area contributed by atoms with Gasteiger partial charge in [-0.25, -0.2) is 0 Å². The van der Waals surface area contributed by atoms with Crippen LogP contribution in [0, 0.1) is 22.7 Å². The van der Waals surface area contributed by atoms with Gasteiger partial charge < -0.3 is 20.8 Å². The van der Waals surface area contributed by atoms with E-state index in [1.54, 1.807) is 6.08 Å². The maximum atomic E-state index is 14.7. The predicted molar refractivity (Wildman–Crippen MR) is 223 cm³/mol. The average Bonchev–Trinajstić information content (AvgIpc) is 3.11. The van der Waals surface area contributed by atoms with E-state index in [1.807, 2.05) is 53.7 Å². The Bertz CT molecular complexity index is 1330. The van der Waals surface area contributed by atoms with Gasteiger partial charge in [0.1, 0.15) is 0 Å². The van der Waals surface area contributed by atoms with E-state index in [4.69, 9.17) is 0 Å². The number of carboxylic acids is 2. The van der Waals surface area contributed by atoms with Crippen LogP contribution in [-0.2, 0) is 19.2 Å². The van der Waals surface area contributed by atoms with Crippen LogP contribution in [0.4, 0.5) is 0 Å². The second-order valence-corrected chi connectivity index (χ2v) is 16.1. The molecule has 0 saturated heterocycles. The lowest BCUT2D eigenvalue weighted by atomic mass is 9.50. The number of carbonyl (C=O) groups is 4. The van der Waals surface area contributed by atoms with Gasteiger partial charge >= 0.3 is 11.9 Å². The topological polar surface area (TPSA) is 133 Å². The van der Waals surface area contributed by atoms with Crippen LogP contribution in [0.2, 0.25) is 0 Å². The van der Waals surface area contributed by atoms with Gasteiger partial charge in [-0.15, -0.1) is 0 Å². The van der Waals surface area contributed by atoms with Crippen LogP contribution in [0.25, 0.3) is 0 Å². The van der Waals surface area contributed by atoms with E-state index in [-0.39, 0.29) is 25.9 Å². The van der Waals surface area contributed by atoms with Gasteiger partial charge in [-0.3, -0.25) is 19.2 Å². The number of carboxylic acid groups (broad SMARTS) is 2. The van der Waals surface area contributed by atoms with E-state index in [0.717, 1.165) is 94.6 Å². The average molecular weight is 753 g/mol. The zero-order valence-electron chi connectivity index (χ0n) is 35.3. The Balaban J connectivity index is 3.83. The molecule has 4 unspecified atom stereocenters. The summed E-state index contributed by atoms with van der Waals surface area (Å²) in [6.45, 7) is 17.0. The number of nitrogens with one attached hydrogen (secondary N) is 2. The maximum absolute atomic E-state index is 14.7. The molecule has 2 amide bonds. The van der Waals surface area contributed by atoms with Gasteiger partial charge in [0.05, 0.1) is 0 Å². The Hall–Kier alpha value is -3.42. The number of aliphatic carboxylic acids is 2. The van der Waals surface area contributed by atoms with Crippen LogP contribution in [0.15, 0.2) is 58.7 Å². The molecule has 1 aliphatic carbocycles. The molecule has 4 N–H and O–H groups in total. The van der Waals surface area contributed by atoms with Crippen molar-refractivity contribution in [3.8, 4) is 0 Å². The first-order valence-electron chi connectivity index (χ1n) is 21.0. The van der Waals surface area contributed by atoms with E-state index in [1.165, 1.54) is 17.2 Å². The Labute approximate surface area is 328 Å². The molecule has 0 heterocycles. The predicted octanol–water partition coefficient (Wildman–Crippen LogP) is 11.0. The lowest BCUT2D eigenvalue weighted by Gasteiger charge is -2.49. The number of carbonyl (C=O) groups excluding carboxylic acids is 2. The molecular weight excluding hydrogens is 677 g/mol. The number of hydrogen-bond donors (Lipinski definition) is 4. The lowest BCUT2D eigenvalue weighted by molar-refractivity contribution is -0.176. The first-order chi connectivity index (χ1) is 25.7. The quantitative estimate of drug-likeness (QED) is 0.0357. The minimum atomic E-state index is -2.27. The Morgan fingerprint density at radius 1 is 0.593 bits per heavy atom. The van der Waals surface area contributed by atoms with Crippen molar-refractivity contribution < 1.29 is 29.4 Å². The summed E-state index contributed by atoms with van der Waals surface area (Å²) in [4.78, 5) is 56.6. The second-order valence-electron chi connectivity index (χ2n) is 16.1. The number of rotatable bonds is 28. The number of unbranched alkanes of at least 4 members (excludes halogenated alkanes) is 10. The molecule has 0 saturated carbocycles. The van der Waals surface area contributed by atoms with Gasteiger partial charge in [0.15, 0.2) is 10.8 Å². The van der Waals surface area contributed by atoms with Crippen molar-refractivity contribution in [3.05, 3.63) is 58.7 Å². The number of amides is 2. The third-order valence-electron chi connectivity index (χ3n) is 11.0. The standard InChI is InChI=1S/C46H76N2O6/c1-9-11-13-15-17-19-33-47-41(49)45(43(51)52)32-31-39(29-27-37(7)25-21-23-35(3)4)46(44(53)54,42(50)48-34-20-18-16-14-12-10-2)40(45)30-28-38(8)26-22-24-36(5)6/h23-24,27-28,31-32,39-40H,9-22,25-26,29-30,33-34H2,1-8H3,(H,47,49)(H,48,50)(H,51,52)(H,53,54)/b37-27+,38-28+. The maximum Gasteiger partial charge on any atom is 0.323 e. The van der Waals surface area contributed by atoms with Crippen molar-refractivity contribution in [1.82, 2.24) is 10.6 Å². The molecule has 0 aromatic rings. The molecule has 1 aliphatic rings. The van der Waals surface area contributed by atoms with Crippen LogP contribution in [0.3, 0.4) is 0 Å². The first-order valence-corrected chi connectivity index (χ1v) is 21.0.